The number of carbonyl (C=O) groups is 2. The van der Waals surface area contributed by atoms with Gasteiger partial charge in [0.15, 0.2) is 0 Å². The third-order valence-electron chi connectivity index (χ3n) is 10.1. The second-order valence-electron chi connectivity index (χ2n) is 15.2. The molecule has 0 spiro atoms. The summed E-state index contributed by atoms with van der Waals surface area (Å²) in [6, 6.07) is 35.6. The van der Waals surface area contributed by atoms with E-state index in [9.17, 15) is 9.59 Å². The van der Waals surface area contributed by atoms with Gasteiger partial charge >= 0.3 is 83.6 Å². The van der Waals surface area contributed by atoms with Gasteiger partial charge in [0.25, 0.3) is 0 Å². The predicted octanol–water partition coefficient (Wildman–Crippen LogP) is 5.17. The fourth-order valence-corrected chi connectivity index (χ4v) is 6.27. The van der Waals surface area contributed by atoms with Crippen LogP contribution in [0, 0.1) is 49.4 Å². The Morgan fingerprint density at radius 2 is 1.03 bits per heavy atom. The molecule has 2 aromatic heterocycles. The first-order chi connectivity index (χ1) is 33.0. The number of ether oxygens (including phenoxy) is 2. The average Bonchev–Trinajstić information content (AvgIpc) is 4.29. The maximum absolute atomic E-state index is 12.4. The van der Waals surface area contributed by atoms with Crippen LogP contribution in [0.25, 0.3) is 0 Å². The number of benzene rings is 4. The quantitative estimate of drug-likeness (QED) is 0.0783. The van der Waals surface area contributed by atoms with Gasteiger partial charge in [0.1, 0.15) is 35.6 Å². The molecule has 4 aromatic carbocycles. The van der Waals surface area contributed by atoms with Gasteiger partial charge < -0.3 is 29.9 Å². The summed E-state index contributed by atoms with van der Waals surface area (Å²) in [7, 11) is 0. The smallest absolute Gasteiger partial charge is 0.870 e. The summed E-state index contributed by atoms with van der Waals surface area (Å²) in [5.41, 5.74) is 8.18. The van der Waals surface area contributed by atoms with Crippen molar-refractivity contribution in [3.8, 4) is 23.7 Å². The first kappa shape index (κ1) is 63.4. The molecule has 0 unspecified atom stereocenters. The Kier molecular flexibility index (Phi) is 31.0. The van der Waals surface area contributed by atoms with Gasteiger partial charge in [-0.3, -0.25) is 10.6 Å². The van der Waals surface area contributed by atoms with E-state index in [1.54, 1.807) is 19.8 Å². The van der Waals surface area contributed by atoms with Crippen molar-refractivity contribution < 1.29 is 112 Å². The van der Waals surface area contributed by atoms with Crippen LogP contribution < -0.4 is 69.7 Å². The van der Waals surface area contributed by atoms with Crippen molar-refractivity contribution in [2.75, 3.05) is 10.6 Å². The molecule has 0 bridgehead atoms. The maximum Gasteiger partial charge on any atom is 1.00 e. The second kappa shape index (κ2) is 34.7. The van der Waals surface area contributed by atoms with Gasteiger partial charge in [0, 0.05) is 11.1 Å². The molecule has 2 fully saturated rings. The molecule has 2 saturated carbocycles. The molecule has 2 atom stereocenters. The van der Waals surface area contributed by atoms with Crippen molar-refractivity contribution in [1.82, 2.24) is 10.3 Å². The fraction of sp³-hybridized carbons (Fsp3) is 0.264. The molecule has 3 N–H and O–H groups in total. The van der Waals surface area contributed by atoms with Crippen LogP contribution in [0.5, 0.6) is 0 Å². The monoisotopic (exact) mass is 1100 g/mol. The largest absolute Gasteiger partial charge is 1.00 e. The molecule has 0 saturated heterocycles. The minimum Gasteiger partial charge on any atom is -0.870 e. The number of rotatable bonds is 10. The topological polar surface area (TPSA) is 227 Å². The van der Waals surface area contributed by atoms with Crippen LogP contribution in [-0.4, -0.2) is 40.9 Å². The Morgan fingerprint density at radius 3 is 1.38 bits per heavy atom. The minimum atomic E-state index is -0.581. The van der Waals surface area contributed by atoms with Crippen LogP contribution in [0.3, 0.4) is 0 Å². The van der Waals surface area contributed by atoms with E-state index in [4.69, 9.17) is 38.3 Å². The van der Waals surface area contributed by atoms with Crippen molar-refractivity contribution in [2.45, 2.75) is 85.9 Å². The molecule has 8 rings (SSSR count). The maximum atomic E-state index is 12.4. The van der Waals surface area contributed by atoms with Crippen LogP contribution in [0.1, 0.15) is 115 Å². The first-order valence-electron chi connectivity index (χ1n) is 21.4. The van der Waals surface area contributed by atoms with E-state index < -0.39 is 12.2 Å². The summed E-state index contributed by atoms with van der Waals surface area (Å²) in [4.78, 5) is 57.2. The number of halogens is 1. The molecule has 18 heteroatoms. The van der Waals surface area contributed by atoms with E-state index in [0.717, 1.165) is 41.0 Å². The number of anilines is 2. The minimum absolute atomic E-state index is 0. The van der Waals surface area contributed by atoms with Crippen molar-refractivity contribution in [1.29, 1.82) is 0.594 Å². The van der Waals surface area contributed by atoms with Crippen LogP contribution in [0.15, 0.2) is 118 Å². The van der Waals surface area contributed by atoms with Gasteiger partial charge in [-0.2, -0.15) is 25.6 Å². The second-order valence-corrected chi connectivity index (χ2v) is 15.2. The van der Waals surface area contributed by atoms with Crippen LogP contribution in [0.4, 0.5) is 21.0 Å². The number of aryl methyl sites for hydroxylation is 2. The van der Waals surface area contributed by atoms with Gasteiger partial charge in [-0.25, -0.2) is 22.4 Å². The van der Waals surface area contributed by atoms with E-state index in [2.05, 4.69) is 68.9 Å². The Morgan fingerprint density at radius 1 is 0.662 bits per heavy atom. The van der Waals surface area contributed by atoms with E-state index in [1.807, 2.05) is 98.8 Å². The zero-order valence-electron chi connectivity index (χ0n) is 40.7. The molecule has 360 valence electrons. The summed E-state index contributed by atoms with van der Waals surface area (Å²) < 4.78 is 27.2. The summed E-state index contributed by atoms with van der Waals surface area (Å²) in [6.07, 6.45) is 5.99. The SMILES string of the molecule is C.Cc1noc(C#Cc2ccc(CC3CC3)cc2)c1NC(=O)O[C@H](C)c1ccccc1.Cc1noc(C#Cc2ccc(C[C-]3CC3)cc2)c1NC(=O)O[C@H](C)c1ccccc1.O=C=O.O=C=O.[3H]I.[Na+].[Na+].[OH-]. The predicted molar refractivity (Wildman–Crippen MR) is 264 cm³/mol. The number of hydrogen-bond donors (Lipinski definition) is 2. The first-order valence-corrected chi connectivity index (χ1v) is 21.0. The number of aromatic nitrogens is 2. The molecule has 2 amide bonds. The van der Waals surface area contributed by atoms with Gasteiger partial charge in [-0.05, 0) is 106 Å². The molecular weight excluding hydrogens is 1040 g/mol. The van der Waals surface area contributed by atoms with Crippen molar-refractivity contribution in [2.24, 2.45) is 5.92 Å². The summed E-state index contributed by atoms with van der Waals surface area (Å²) >= 11 is 1.40. The average molecular weight is 1100 g/mol. The normalized spacial score (nSPS) is 12.0. The number of amides is 2. The Hall–Kier alpha value is -5.59. The fourth-order valence-electron chi connectivity index (χ4n) is 6.27. The van der Waals surface area contributed by atoms with Gasteiger partial charge in [-0.15, -0.1) is 23.8 Å². The molecule has 71 heavy (non-hydrogen) atoms. The van der Waals surface area contributed by atoms with Gasteiger partial charge in [-0.1, -0.05) is 120 Å². The standard InChI is InChI=1S/C25H24N2O3.C25H23N2O3.2CO2.CH4.HI.2Na.H2O/c2*1-17-24(26-25(28)29-18(2)22-6-4-3-5-7-22)23(30-27-17)15-14-19-8-10-20(11-9-19)16-21-12-13-21;2*2-1-3;;;;;/h3-11,18,21H,12-13,16H2,1-2H3,(H,26,28);3-11,18H,12-13,16H2,1-2H3,(H,26,28);;;1H4;1H;;;1H2/q;-1;;;;;2*+1;/p-1/t2*18-;;;;;;;/m11......./s1/i/hT. The van der Waals surface area contributed by atoms with Gasteiger partial charge in [0.2, 0.25) is 11.5 Å². The zero-order chi connectivity index (χ0) is 49.3. The third-order valence-corrected chi connectivity index (χ3v) is 10.1. The van der Waals surface area contributed by atoms with Crippen molar-refractivity contribution in [3.63, 3.8) is 0 Å². The van der Waals surface area contributed by atoms with E-state index in [-0.39, 0.29) is 96.5 Å². The molecule has 2 heterocycles. The molecular formula is C53H53IN4Na2O11. The van der Waals surface area contributed by atoms with Crippen molar-refractivity contribution >= 4 is 59.6 Å². The Labute approximate surface area is 475 Å². The zero-order valence-corrected chi connectivity index (χ0v) is 45.8. The third kappa shape index (κ3) is 23.0. The molecule has 2 aliphatic carbocycles. The Balaban J connectivity index is 0.00000117. The molecule has 0 radical (unpaired) electrons. The number of nitrogens with zero attached hydrogens (tertiary/aromatic N) is 2. The van der Waals surface area contributed by atoms with Crippen molar-refractivity contribution in [3.05, 3.63) is 171 Å². The molecule has 0 aliphatic heterocycles. The van der Waals surface area contributed by atoms with E-state index in [1.165, 1.54) is 60.6 Å². The number of carbonyl (C=O) groups excluding carboxylic acids is 6. The van der Waals surface area contributed by atoms with Gasteiger partial charge in [0.05, 0.1) is 0 Å². The number of hydrogen-bond acceptors (Lipinski definition) is 13. The molecule has 15 nitrogen and oxygen atoms in total. The van der Waals surface area contributed by atoms with Crippen LogP contribution in [-0.2, 0) is 41.5 Å². The van der Waals surface area contributed by atoms with Crippen LogP contribution in [0.2, 0.25) is 0 Å². The molecule has 2 aliphatic rings. The van der Waals surface area contributed by atoms with E-state index >= 15 is 0 Å². The summed E-state index contributed by atoms with van der Waals surface area (Å²) in [6.45, 7) is 7.14. The number of nitrogens with one attached hydrogen (secondary N) is 2. The van der Waals surface area contributed by atoms with E-state index in [0.29, 0.717) is 34.3 Å². The van der Waals surface area contributed by atoms with Crippen LogP contribution >= 0.6 is 23.8 Å². The summed E-state index contributed by atoms with van der Waals surface area (Å²) in [5.74, 6) is 15.1. The summed E-state index contributed by atoms with van der Waals surface area (Å²) in [5, 5.41) is 13.3. The molecule has 6 aromatic rings. The Bertz CT molecular complexity index is 2550.